The lowest BCUT2D eigenvalue weighted by molar-refractivity contribution is -0.143. The van der Waals surface area contributed by atoms with Crippen LogP contribution in [0.15, 0.2) is 12.1 Å². The highest BCUT2D eigenvalue weighted by molar-refractivity contribution is 5.47. The minimum absolute atomic E-state index is 0.168. The molecule has 8 heteroatoms. The summed E-state index contributed by atoms with van der Waals surface area (Å²) < 4.78 is 72.6. The van der Waals surface area contributed by atoms with Gasteiger partial charge in [-0.25, -0.2) is 0 Å². The zero-order valence-electron chi connectivity index (χ0n) is 7.32. The van der Waals surface area contributed by atoms with E-state index in [-0.39, 0.29) is 12.1 Å². The Morgan fingerprint density at radius 2 is 0.938 bits per heavy atom. The Morgan fingerprint density at radius 1 is 0.688 bits per heavy atom. The van der Waals surface area contributed by atoms with Gasteiger partial charge in [0, 0.05) is 0 Å². The van der Waals surface area contributed by atoms with Crippen LogP contribution in [-0.4, -0.2) is 10.2 Å². The average molecular weight is 246 g/mol. The highest BCUT2D eigenvalue weighted by atomic mass is 19.4. The number of alkyl halides is 6. The fourth-order valence-corrected chi connectivity index (χ4v) is 1.03. The molecule has 1 aromatic carbocycles. The molecule has 0 saturated heterocycles. The van der Waals surface area contributed by atoms with E-state index in [1.54, 1.807) is 0 Å². The number of benzene rings is 1. The molecule has 0 amide bonds. The van der Waals surface area contributed by atoms with Crippen molar-refractivity contribution in [2.45, 2.75) is 12.4 Å². The van der Waals surface area contributed by atoms with Gasteiger partial charge in [0.25, 0.3) is 0 Å². The summed E-state index contributed by atoms with van der Waals surface area (Å²) in [4.78, 5) is 0. The number of phenolic OH excluding ortho intramolecular Hbond substituents is 2. The molecule has 2 N–H and O–H groups in total. The van der Waals surface area contributed by atoms with Crippen molar-refractivity contribution in [2.24, 2.45) is 0 Å². The summed E-state index contributed by atoms with van der Waals surface area (Å²) in [6.45, 7) is 0. The van der Waals surface area contributed by atoms with Crippen molar-refractivity contribution in [1.29, 1.82) is 0 Å². The van der Waals surface area contributed by atoms with Crippen molar-refractivity contribution in [3.63, 3.8) is 0 Å². The minimum Gasteiger partial charge on any atom is -0.507 e. The average Bonchev–Trinajstić information content (AvgIpc) is 2.04. The maximum absolute atomic E-state index is 12.1. The molecule has 1 rings (SSSR count). The number of hydrogen-bond donors (Lipinski definition) is 2. The summed E-state index contributed by atoms with van der Waals surface area (Å²) in [5.41, 5.74) is -3.45. The van der Waals surface area contributed by atoms with E-state index >= 15 is 0 Å². The van der Waals surface area contributed by atoms with E-state index in [0.717, 1.165) is 0 Å². The van der Waals surface area contributed by atoms with Gasteiger partial charge in [-0.3, -0.25) is 0 Å². The summed E-state index contributed by atoms with van der Waals surface area (Å²) in [5.74, 6) is -3.17. The molecule has 16 heavy (non-hydrogen) atoms. The highest BCUT2D eigenvalue weighted by Crippen LogP contribution is 2.43. The van der Waals surface area contributed by atoms with Crippen LogP contribution in [0.2, 0.25) is 0 Å². The summed E-state index contributed by atoms with van der Waals surface area (Å²) in [5, 5.41) is 17.6. The van der Waals surface area contributed by atoms with E-state index in [9.17, 15) is 26.3 Å². The normalized spacial score (nSPS) is 12.9. The predicted octanol–water partition coefficient (Wildman–Crippen LogP) is 3.14. The molecule has 0 fully saturated rings. The van der Waals surface area contributed by atoms with Gasteiger partial charge in [-0.1, -0.05) is 0 Å². The van der Waals surface area contributed by atoms with Gasteiger partial charge >= 0.3 is 12.4 Å². The van der Waals surface area contributed by atoms with E-state index < -0.39 is 35.0 Å². The second kappa shape index (κ2) is 3.46. The molecular formula is C8H4F6O2. The SMILES string of the molecule is Oc1cc(C(F)(F)F)c(O)cc1C(F)(F)F. The highest BCUT2D eigenvalue weighted by Gasteiger charge is 2.39. The molecule has 0 atom stereocenters. The Morgan fingerprint density at radius 3 is 1.12 bits per heavy atom. The standard InChI is InChI=1S/C8H4F6O2/c9-7(10,11)3-1-5(15)4(2-6(3)16)8(12,13)14/h1-2,15-16H. The van der Waals surface area contributed by atoms with Crippen LogP contribution in [0.3, 0.4) is 0 Å². The van der Waals surface area contributed by atoms with Crippen molar-refractivity contribution in [2.75, 3.05) is 0 Å². The molecule has 90 valence electrons. The van der Waals surface area contributed by atoms with Crippen LogP contribution in [0.5, 0.6) is 11.5 Å². The van der Waals surface area contributed by atoms with Gasteiger partial charge in [0.05, 0.1) is 0 Å². The van der Waals surface area contributed by atoms with Crippen LogP contribution in [0.4, 0.5) is 26.3 Å². The molecule has 0 aliphatic carbocycles. The molecule has 0 radical (unpaired) electrons. The molecule has 0 heterocycles. The minimum atomic E-state index is -5.04. The molecule has 0 aromatic heterocycles. The number of hydrogen-bond acceptors (Lipinski definition) is 2. The van der Waals surface area contributed by atoms with E-state index in [1.807, 2.05) is 0 Å². The Bertz CT molecular complexity index is 366. The zero-order chi connectivity index (χ0) is 12.7. The van der Waals surface area contributed by atoms with E-state index in [0.29, 0.717) is 0 Å². The molecule has 0 aliphatic heterocycles. The number of rotatable bonds is 0. The quantitative estimate of drug-likeness (QED) is 0.545. The van der Waals surface area contributed by atoms with Crippen molar-refractivity contribution in [1.82, 2.24) is 0 Å². The third kappa shape index (κ3) is 2.31. The van der Waals surface area contributed by atoms with Gasteiger partial charge in [-0.05, 0) is 12.1 Å². The number of halogens is 6. The Hall–Kier alpha value is -1.60. The van der Waals surface area contributed by atoms with Crippen LogP contribution in [-0.2, 0) is 12.4 Å². The Kier molecular flexibility index (Phi) is 2.70. The third-order valence-electron chi connectivity index (χ3n) is 1.72. The molecule has 0 bridgehead atoms. The summed E-state index contributed by atoms with van der Waals surface area (Å²) in [7, 11) is 0. The smallest absolute Gasteiger partial charge is 0.420 e. The lowest BCUT2D eigenvalue weighted by Crippen LogP contribution is -2.09. The van der Waals surface area contributed by atoms with Crippen LogP contribution in [0, 0.1) is 0 Å². The zero-order valence-corrected chi connectivity index (χ0v) is 7.32. The maximum Gasteiger partial charge on any atom is 0.420 e. The Labute approximate surface area is 84.7 Å². The van der Waals surface area contributed by atoms with Crippen LogP contribution in [0.1, 0.15) is 11.1 Å². The first-order valence-electron chi connectivity index (χ1n) is 3.74. The fraction of sp³-hybridized carbons (Fsp3) is 0.250. The lowest BCUT2D eigenvalue weighted by atomic mass is 10.1. The fourth-order valence-electron chi connectivity index (χ4n) is 1.03. The maximum atomic E-state index is 12.1. The number of aromatic hydroxyl groups is 2. The van der Waals surface area contributed by atoms with Crippen molar-refractivity contribution < 1.29 is 36.6 Å². The predicted molar refractivity (Wildman–Crippen MR) is 39.8 cm³/mol. The first-order chi connectivity index (χ1) is 7.03. The topological polar surface area (TPSA) is 40.5 Å². The number of phenols is 2. The van der Waals surface area contributed by atoms with E-state index in [4.69, 9.17) is 10.2 Å². The molecule has 0 spiro atoms. The van der Waals surface area contributed by atoms with E-state index in [1.165, 1.54) is 0 Å². The molecule has 0 aliphatic rings. The van der Waals surface area contributed by atoms with Crippen molar-refractivity contribution in [3.05, 3.63) is 23.3 Å². The van der Waals surface area contributed by atoms with Gasteiger partial charge in [0.15, 0.2) is 0 Å². The lowest BCUT2D eigenvalue weighted by Gasteiger charge is -2.13. The largest absolute Gasteiger partial charge is 0.507 e. The van der Waals surface area contributed by atoms with E-state index in [2.05, 4.69) is 0 Å². The monoisotopic (exact) mass is 246 g/mol. The molecule has 0 saturated carbocycles. The van der Waals surface area contributed by atoms with Gasteiger partial charge in [-0.2, -0.15) is 26.3 Å². The van der Waals surface area contributed by atoms with Crippen LogP contribution < -0.4 is 0 Å². The van der Waals surface area contributed by atoms with Gasteiger partial charge in [-0.15, -0.1) is 0 Å². The molecular weight excluding hydrogens is 242 g/mol. The summed E-state index contributed by atoms with van der Waals surface area (Å²) >= 11 is 0. The molecule has 1 aromatic rings. The Balaban J connectivity index is 3.40. The van der Waals surface area contributed by atoms with Gasteiger partial charge < -0.3 is 10.2 Å². The van der Waals surface area contributed by atoms with Crippen LogP contribution >= 0.6 is 0 Å². The summed E-state index contributed by atoms with van der Waals surface area (Å²) in [6, 6.07) is -0.337. The molecule has 2 nitrogen and oxygen atoms in total. The second-order valence-electron chi connectivity index (χ2n) is 2.88. The van der Waals surface area contributed by atoms with Crippen molar-refractivity contribution >= 4 is 0 Å². The third-order valence-corrected chi connectivity index (χ3v) is 1.72. The van der Waals surface area contributed by atoms with Crippen molar-refractivity contribution in [3.8, 4) is 11.5 Å². The summed E-state index contributed by atoms with van der Waals surface area (Å²) in [6.07, 6.45) is -10.1. The van der Waals surface area contributed by atoms with Gasteiger partial charge in [0.2, 0.25) is 0 Å². The first kappa shape index (κ1) is 12.5. The first-order valence-corrected chi connectivity index (χ1v) is 3.74. The van der Waals surface area contributed by atoms with Crippen LogP contribution in [0.25, 0.3) is 0 Å². The molecule has 0 unspecified atom stereocenters. The second-order valence-corrected chi connectivity index (χ2v) is 2.88. The van der Waals surface area contributed by atoms with Gasteiger partial charge in [0.1, 0.15) is 22.6 Å².